The molecule has 3 rings (SSSR count). The predicted octanol–water partition coefficient (Wildman–Crippen LogP) is 3.44. The number of rotatable bonds is 7. The van der Waals surface area contributed by atoms with Crippen molar-refractivity contribution in [2.24, 2.45) is 5.73 Å². The summed E-state index contributed by atoms with van der Waals surface area (Å²) in [5, 5.41) is 8.32. The number of primary amides is 1. The van der Waals surface area contributed by atoms with Crippen molar-refractivity contribution in [3.8, 4) is 11.5 Å². The third-order valence-electron chi connectivity index (χ3n) is 4.18. The highest BCUT2D eigenvalue weighted by Crippen LogP contribution is 2.24. The van der Waals surface area contributed by atoms with Crippen LogP contribution in [0.4, 0.5) is 4.79 Å². The van der Waals surface area contributed by atoms with Crippen molar-refractivity contribution in [3.63, 3.8) is 0 Å². The van der Waals surface area contributed by atoms with E-state index in [1.807, 2.05) is 55.6 Å². The summed E-state index contributed by atoms with van der Waals surface area (Å²) < 4.78 is 5.74. The van der Waals surface area contributed by atoms with Crippen LogP contribution >= 0.6 is 11.3 Å². The highest BCUT2D eigenvalue weighted by Gasteiger charge is 2.18. The number of carbonyl (C=O) groups is 2. The van der Waals surface area contributed by atoms with Crippen LogP contribution in [0.25, 0.3) is 11.5 Å². The molecule has 0 fully saturated rings. The molecular formula is C20H22N4O3S. The largest absolute Gasteiger partial charge is 0.458 e. The quantitative estimate of drug-likeness (QED) is 0.566. The molecule has 0 aliphatic heterocycles. The molecule has 0 bridgehead atoms. The van der Waals surface area contributed by atoms with E-state index in [0.717, 1.165) is 21.8 Å². The Hall–Kier alpha value is -3.13. The van der Waals surface area contributed by atoms with Crippen molar-refractivity contribution in [1.29, 1.82) is 0 Å². The normalized spacial score (nSPS) is 11.8. The first-order valence-electron chi connectivity index (χ1n) is 8.81. The molecule has 8 heteroatoms. The summed E-state index contributed by atoms with van der Waals surface area (Å²) in [4.78, 5) is 28.1. The maximum Gasteiger partial charge on any atom is 0.312 e. The fourth-order valence-corrected chi connectivity index (χ4v) is 3.36. The van der Waals surface area contributed by atoms with E-state index in [1.54, 1.807) is 11.3 Å². The number of thiazole rings is 1. The van der Waals surface area contributed by atoms with Gasteiger partial charge in [-0.05, 0) is 31.5 Å². The average Bonchev–Trinajstić information content (AvgIpc) is 3.28. The minimum atomic E-state index is -0.674. The van der Waals surface area contributed by atoms with Crippen molar-refractivity contribution < 1.29 is 14.0 Å². The van der Waals surface area contributed by atoms with Gasteiger partial charge in [0.25, 0.3) is 0 Å². The topological polar surface area (TPSA) is 110 Å². The molecule has 4 N–H and O–H groups in total. The molecule has 146 valence electrons. The molecule has 0 radical (unpaired) electrons. The lowest BCUT2D eigenvalue weighted by Gasteiger charge is -2.18. The number of hydrogen-bond acceptors (Lipinski definition) is 5. The fraction of sp³-hybridized carbons (Fsp3) is 0.250. The predicted molar refractivity (Wildman–Crippen MR) is 108 cm³/mol. The van der Waals surface area contributed by atoms with Gasteiger partial charge in [-0.3, -0.25) is 4.79 Å². The molecule has 3 amide bonds. The summed E-state index contributed by atoms with van der Waals surface area (Å²) in [5.41, 5.74) is 7.95. The van der Waals surface area contributed by atoms with Gasteiger partial charge in [0.15, 0.2) is 5.76 Å². The van der Waals surface area contributed by atoms with Crippen molar-refractivity contribution in [1.82, 2.24) is 15.6 Å². The summed E-state index contributed by atoms with van der Waals surface area (Å²) in [6.45, 7) is 4.15. The molecule has 28 heavy (non-hydrogen) atoms. The Morgan fingerprint density at radius 2 is 1.93 bits per heavy atom. The highest BCUT2D eigenvalue weighted by atomic mass is 32.1. The number of furan rings is 1. The molecule has 7 nitrogen and oxygen atoms in total. The van der Waals surface area contributed by atoms with Crippen LogP contribution in [-0.2, 0) is 11.3 Å². The van der Waals surface area contributed by atoms with Gasteiger partial charge in [-0.25, -0.2) is 9.78 Å². The summed E-state index contributed by atoms with van der Waals surface area (Å²) >= 11 is 1.55. The fourth-order valence-electron chi connectivity index (χ4n) is 2.75. The molecule has 1 atom stereocenters. The molecule has 3 aromatic rings. The van der Waals surface area contributed by atoms with Crippen LogP contribution < -0.4 is 16.4 Å². The maximum atomic E-state index is 12.4. The molecule has 0 saturated heterocycles. The molecule has 0 unspecified atom stereocenters. The molecule has 0 aliphatic carbocycles. The number of aromatic nitrogens is 1. The van der Waals surface area contributed by atoms with Crippen LogP contribution in [0.5, 0.6) is 0 Å². The zero-order valence-electron chi connectivity index (χ0n) is 15.7. The van der Waals surface area contributed by atoms with Gasteiger partial charge in [-0.2, -0.15) is 0 Å². The number of hydrogen-bond donors (Lipinski definition) is 3. The van der Waals surface area contributed by atoms with Gasteiger partial charge in [-0.1, -0.05) is 29.8 Å². The first-order chi connectivity index (χ1) is 13.4. The smallest absolute Gasteiger partial charge is 0.312 e. The van der Waals surface area contributed by atoms with Crippen LogP contribution in [0.2, 0.25) is 0 Å². The van der Waals surface area contributed by atoms with E-state index in [9.17, 15) is 9.59 Å². The molecule has 0 saturated carbocycles. The van der Waals surface area contributed by atoms with Crippen LogP contribution in [0, 0.1) is 13.8 Å². The molecule has 2 heterocycles. The zero-order chi connectivity index (χ0) is 20.1. The second-order valence-corrected chi connectivity index (χ2v) is 7.53. The number of nitrogens with two attached hydrogens (primary N) is 1. The number of benzene rings is 1. The zero-order valence-corrected chi connectivity index (χ0v) is 16.5. The second kappa shape index (κ2) is 8.71. The van der Waals surface area contributed by atoms with E-state index in [2.05, 4.69) is 15.6 Å². The Morgan fingerprint density at radius 3 is 2.57 bits per heavy atom. The lowest BCUT2D eigenvalue weighted by molar-refractivity contribution is -0.121. The van der Waals surface area contributed by atoms with Gasteiger partial charge in [0.1, 0.15) is 11.5 Å². The van der Waals surface area contributed by atoms with Gasteiger partial charge in [0.05, 0.1) is 24.0 Å². The van der Waals surface area contributed by atoms with Crippen LogP contribution in [-0.4, -0.2) is 16.9 Å². The highest BCUT2D eigenvalue weighted by molar-refractivity contribution is 7.09. The second-order valence-electron chi connectivity index (χ2n) is 6.47. The Bertz CT molecular complexity index is 962. The molecular weight excluding hydrogens is 376 g/mol. The summed E-state index contributed by atoms with van der Waals surface area (Å²) in [7, 11) is 0. The van der Waals surface area contributed by atoms with Gasteiger partial charge in [0, 0.05) is 5.38 Å². The van der Waals surface area contributed by atoms with Crippen molar-refractivity contribution >= 4 is 23.3 Å². The lowest BCUT2D eigenvalue weighted by atomic mass is 10.0. The van der Waals surface area contributed by atoms with Crippen LogP contribution in [0.1, 0.15) is 34.4 Å². The summed E-state index contributed by atoms with van der Waals surface area (Å²) in [6, 6.07) is 10.1. The van der Waals surface area contributed by atoms with Crippen molar-refractivity contribution in [2.75, 3.05) is 0 Å². The van der Waals surface area contributed by atoms with Gasteiger partial charge in [0.2, 0.25) is 5.91 Å². The monoisotopic (exact) mass is 398 g/mol. The Balaban J connectivity index is 1.59. The third kappa shape index (κ3) is 5.20. The Labute approximate surface area is 167 Å². The number of urea groups is 1. The first kappa shape index (κ1) is 19.6. The number of nitrogens with zero attached hydrogens (tertiary/aromatic N) is 1. The maximum absolute atomic E-state index is 12.4. The van der Waals surface area contributed by atoms with E-state index < -0.39 is 12.1 Å². The van der Waals surface area contributed by atoms with Crippen LogP contribution in [0.3, 0.4) is 0 Å². The minimum absolute atomic E-state index is 0.0743. The Morgan fingerprint density at radius 1 is 1.18 bits per heavy atom. The van der Waals surface area contributed by atoms with Crippen LogP contribution in [0.15, 0.2) is 46.2 Å². The summed E-state index contributed by atoms with van der Waals surface area (Å²) in [5.74, 6) is 1.08. The summed E-state index contributed by atoms with van der Waals surface area (Å²) in [6.07, 6.45) is 0.0743. The number of aryl methyl sites for hydroxylation is 2. The van der Waals surface area contributed by atoms with E-state index in [4.69, 9.17) is 10.2 Å². The SMILES string of the molecule is Cc1ccc([C@@H](CC(=O)NCc2ccc(-c3csc(C)n3)o2)NC(N)=O)cc1. The van der Waals surface area contributed by atoms with Crippen molar-refractivity contribution in [2.45, 2.75) is 32.9 Å². The minimum Gasteiger partial charge on any atom is -0.458 e. The lowest BCUT2D eigenvalue weighted by Crippen LogP contribution is -2.36. The van der Waals surface area contributed by atoms with E-state index in [1.165, 1.54) is 0 Å². The van der Waals surface area contributed by atoms with E-state index in [0.29, 0.717) is 11.5 Å². The van der Waals surface area contributed by atoms with Gasteiger partial charge < -0.3 is 20.8 Å². The Kier molecular flexibility index (Phi) is 6.10. The third-order valence-corrected chi connectivity index (χ3v) is 4.95. The number of nitrogens with one attached hydrogen (secondary N) is 2. The molecule has 1 aromatic carbocycles. The number of carbonyl (C=O) groups excluding carboxylic acids is 2. The van der Waals surface area contributed by atoms with Gasteiger partial charge in [-0.15, -0.1) is 11.3 Å². The van der Waals surface area contributed by atoms with E-state index in [-0.39, 0.29) is 18.9 Å². The number of amides is 3. The average molecular weight is 398 g/mol. The molecule has 0 aliphatic rings. The standard InChI is InChI=1S/C20H22N4O3S/c1-12-3-5-14(6-4-12)16(24-20(21)26)9-19(25)22-10-15-7-8-18(27-15)17-11-28-13(2)23-17/h3-8,11,16H,9-10H2,1-2H3,(H,22,25)(H3,21,24,26)/t16-/m1/s1. The molecule has 2 aromatic heterocycles. The van der Waals surface area contributed by atoms with E-state index >= 15 is 0 Å². The molecule has 0 spiro atoms. The van der Waals surface area contributed by atoms with Crippen molar-refractivity contribution in [3.05, 3.63) is 63.7 Å². The van der Waals surface area contributed by atoms with Gasteiger partial charge >= 0.3 is 6.03 Å². The first-order valence-corrected chi connectivity index (χ1v) is 9.69.